The van der Waals surface area contributed by atoms with Crippen LogP contribution in [0.2, 0.25) is 0 Å². The topological polar surface area (TPSA) is 95.6 Å². The van der Waals surface area contributed by atoms with Crippen LogP contribution in [0, 0.1) is 0 Å². The summed E-state index contributed by atoms with van der Waals surface area (Å²) in [6.45, 7) is 1.09. The van der Waals surface area contributed by atoms with Gasteiger partial charge in [-0.1, -0.05) is 0 Å². The molecule has 2 rings (SSSR count). The summed E-state index contributed by atoms with van der Waals surface area (Å²) in [6.07, 6.45) is 0. The predicted molar refractivity (Wildman–Crippen MR) is 67.7 cm³/mol. The average Bonchev–Trinajstić information content (AvgIpc) is 2.74. The molecule has 1 fully saturated rings. The van der Waals surface area contributed by atoms with Crippen LogP contribution in [0.1, 0.15) is 16.6 Å². The van der Waals surface area contributed by atoms with Gasteiger partial charge in [-0.05, 0) is 12.1 Å². The minimum Gasteiger partial charge on any atom is -0.319 e. The summed E-state index contributed by atoms with van der Waals surface area (Å²) in [5.41, 5.74) is 0. The van der Waals surface area contributed by atoms with Crippen molar-refractivity contribution >= 4 is 40.0 Å². The third-order valence-corrected chi connectivity index (χ3v) is 3.34. The molecule has 1 aliphatic rings. The number of hydrogen-bond donors (Lipinski definition) is 2. The molecule has 0 aliphatic carbocycles. The molecular formula is C11H11N3O4S. The molecule has 0 bridgehead atoms. The van der Waals surface area contributed by atoms with Gasteiger partial charge in [-0.3, -0.25) is 24.5 Å². The standard InChI is InChI=1S/C11H11N3O4S/c1-6(15)12-10-3-2-7(19-10)11(18)14-4-8(16)13-9(17)5-14/h2-3H,4-5H2,1H3,(H,12,15)(H,13,16,17). The molecule has 4 amide bonds. The molecule has 1 aliphatic heterocycles. The third kappa shape index (κ3) is 3.16. The number of thiophene rings is 1. The Balaban J connectivity index is 2.10. The predicted octanol–water partition coefficient (Wildman–Crippen LogP) is -0.195. The van der Waals surface area contributed by atoms with Gasteiger partial charge in [-0.25, -0.2) is 0 Å². The van der Waals surface area contributed by atoms with Gasteiger partial charge in [-0.2, -0.15) is 0 Å². The van der Waals surface area contributed by atoms with Gasteiger partial charge >= 0.3 is 0 Å². The first kappa shape index (κ1) is 13.2. The fraction of sp³-hybridized carbons (Fsp3) is 0.273. The Kier molecular flexibility index (Phi) is 3.61. The first-order valence-corrected chi connectivity index (χ1v) is 6.27. The molecule has 0 saturated carbocycles. The van der Waals surface area contributed by atoms with Crippen molar-refractivity contribution in [1.29, 1.82) is 0 Å². The van der Waals surface area contributed by atoms with Gasteiger partial charge in [0.1, 0.15) is 13.1 Å². The van der Waals surface area contributed by atoms with Crippen molar-refractivity contribution in [2.45, 2.75) is 6.92 Å². The van der Waals surface area contributed by atoms with Crippen LogP contribution in [-0.2, 0) is 14.4 Å². The lowest BCUT2D eigenvalue weighted by molar-refractivity contribution is -0.135. The molecule has 0 radical (unpaired) electrons. The monoisotopic (exact) mass is 281 g/mol. The average molecular weight is 281 g/mol. The first-order valence-electron chi connectivity index (χ1n) is 5.45. The van der Waals surface area contributed by atoms with Gasteiger partial charge in [0, 0.05) is 6.92 Å². The Morgan fingerprint density at radius 3 is 2.47 bits per heavy atom. The zero-order chi connectivity index (χ0) is 14.0. The number of carbonyl (C=O) groups is 4. The van der Waals surface area contributed by atoms with E-state index in [-0.39, 0.29) is 19.0 Å². The number of carbonyl (C=O) groups excluding carboxylic acids is 4. The van der Waals surface area contributed by atoms with Gasteiger partial charge < -0.3 is 10.2 Å². The quantitative estimate of drug-likeness (QED) is 0.734. The van der Waals surface area contributed by atoms with E-state index in [1.807, 2.05) is 0 Å². The second kappa shape index (κ2) is 5.19. The van der Waals surface area contributed by atoms with Gasteiger partial charge in [0.25, 0.3) is 5.91 Å². The van der Waals surface area contributed by atoms with Gasteiger partial charge in [0.05, 0.1) is 9.88 Å². The normalized spacial score (nSPS) is 15.1. The molecule has 8 heteroatoms. The van der Waals surface area contributed by atoms with Gasteiger partial charge in [0.2, 0.25) is 17.7 Å². The Bertz CT molecular complexity index is 550. The zero-order valence-electron chi connectivity index (χ0n) is 10.1. The van der Waals surface area contributed by atoms with E-state index in [9.17, 15) is 19.2 Å². The van der Waals surface area contributed by atoms with Crippen LogP contribution in [0.4, 0.5) is 5.00 Å². The van der Waals surface area contributed by atoms with E-state index >= 15 is 0 Å². The SMILES string of the molecule is CC(=O)Nc1ccc(C(=O)N2CC(=O)NC(=O)C2)s1. The van der Waals surface area contributed by atoms with E-state index in [1.54, 1.807) is 12.1 Å². The van der Waals surface area contributed by atoms with Crippen LogP contribution in [0.5, 0.6) is 0 Å². The summed E-state index contributed by atoms with van der Waals surface area (Å²) >= 11 is 1.10. The van der Waals surface area contributed by atoms with E-state index in [1.165, 1.54) is 11.8 Å². The number of anilines is 1. The third-order valence-electron chi connectivity index (χ3n) is 2.35. The molecule has 1 aromatic heterocycles. The van der Waals surface area contributed by atoms with Crippen LogP contribution < -0.4 is 10.6 Å². The lowest BCUT2D eigenvalue weighted by atomic mass is 10.3. The van der Waals surface area contributed by atoms with Gasteiger partial charge in [0.15, 0.2) is 0 Å². The fourth-order valence-electron chi connectivity index (χ4n) is 1.63. The van der Waals surface area contributed by atoms with Gasteiger partial charge in [-0.15, -0.1) is 11.3 Å². The van der Waals surface area contributed by atoms with E-state index in [2.05, 4.69) is 10.6 Å². The lowest BCUT2D eigenvalue weighted by Crippen LogP contribution is -2.53. The van der Waals surface area contributed by atoms with Crippen molar-refractivity contribution < 1.29 is 19.2 Å². The Labute approximate surface area is 112 Å². The van der Waals surface area contributed by atoms with Crippen LogP contribution in [-0.4, -0.2) is 41.6 Å². The summed E-state index contributed by atoms with van der Waals surface area (Å²) in [4.78, 5) is 46.9. The Morgan fingerprint density at radius 1 is 1.26 bits per heavy atom. The molecule has 0 aromatic carbocycles. The van der Waals surface area contributed by atoms with Crippen molar-refractivity contribution in [3.05, 3.63) is 17.0 Å². The summed E-state index contributed by atoms with van der Waals surface area (Å²) in [5, 5.41) is 5.23. The maximum atomic E-state index is 12.1. The number of hydrogen-bond acceptors (Lipinski definition) is 5. The number of rotatable bonds is 2. The minimum atomic E-state index is -0.497. The van der Waals surface area contributed by atoms with E-state index in [0.29, 0.717) is 9.88 Å². The molecule has 0 atom stereocenters. The number of amides is 4. The molecule has 2 N–H and O–H groups in total. The molecule has 0 spiro atoms. The largest absolute Gasteiger partial charge is 0.319 e. The number of imide groups is 1. The lowest BCUT2D eigenvalue weighted by Gasteiger charge is -2.24. The van der Waals surface area contributed by atoms with Crippen molar-refractivity contribution in [2.24, 2.45) is 0 Å². The second-order valence-corrected chi connectivity index (χ2v) is 5.06. The Morgan fingerprint density at radius 2 is 1.89 bits per heavy atom. The summed E-state index contributed by atoms with van der Waals surface area (Å²) < 4.78 is 0. The second-order valence-electron chi connectivity index (χ2n) is 3.98. The zero-order valence-corrected chi connectivity index (χ0v) is 10.9. The highest BCUT2D eigenvalue weighted by molar-refractivity contribution is 7.18. The molecule has 7 nitrogen and oxygen atoms in total. The summed E-state index contributed by atoms with van der Waals surface area (Å²) in [6, 6.07) is 3.15. The highest BCUT2D eigenvalue weighted by Gasteiger charge is 2.27. The maximum Gasteiger partial charge on any atom is 0.264 e. The van der Waals surface area contributed by atoms with E-state index in [4.69, 9.17) is 0 Å². The number of piperazine rings is 1. The number of nitrogens with one attached hydrogen (secondary N) is 2. The molecule has 2 heterocycles. The van der Waals surface area contributed by atoms with E-state index < -0.39 is 17.7 Å². The van der Waals surface area contributed by atoms with E-state index in [0.717, 1.165) is 11.3 Å². The minimum absolute atomic E-state index is 0.141. The summed E-state index contributed by atoms with van der Waals surface area (Å²) in [5.74, 6) is -1.62. The highest BCUT2D eigenvalue weighted by Crippen LogP contribution is 2.23. The maximum absolute atomic E-state index is 12.1. The van der Waals surface area contributed by atoms with Crippen LogP contribution in [0.25, 0.3) is 0 Å². The van der Waals surface area contributed by atoms with Crippen LogP contribution in [0.3, 0.4) is 0 Å². The van der Waals surface area contributed by atoms with Crippen molar-refractivity contribution in [1.82, 2.24) is 10.2 Å². The molecule has 100 valence electrons. The molecular weight excluding hydrogens is 270 g/mol. The van der Waals surface area contributed by atoms with Crippen LogP contribution >= 0.6 is 11.3 Å². The smallest absolute Gasteiger partial charge is 0.264 e. The fourth-order valence-corrected chi connectivity index (χ4v) is 2.55. The molecule has 19 heavy (non-hydrogen) atoms. The van der Waals surface area contributed by atoms with Crippen molar-refractivity contribution in [3.63, 3.8) is 0 Å². The van der Waals surface area contributed by atoms with Crippen LogP contribution in [0.15, 0.2) is 12.1 Å². The first-order chi connectivity index (χ1) is 8.95. The number of nitrogens with zero attached hydrogens (tertiary/aromatic N) is 1. The Hall–Kier alpha value is -2.22. The highest BCUT2D eigenvalue weighted by atomic mass is 32.1. The van der Waals surface area contributed by atoms with Crippen molar-refractivity contribution in [2.75, 3.05) is 18.4 Å². The van der Waals surface area contributed by atoms with Crippen molar-refractivity contribution in [3.8, 4) is 0 Å². The summed E-state index contributed by atoms with van der Waals surface area (Å²) in [7, 11) is 0. The molecule has 1 saturated heterocycles. The molecule has 1 aromatic rings. The molecule has 0 unspecified atom stereocenters.